The quantitative estimate of drug-likeness (QED) is 0.857. The summed E-state index contributed by atoms with van der Waals surface area (Å²) < 4.78 is 30.6. The lowest BCUT2D eigenvalue weighted by atomic mass is 10.4. The second kappa shape index (κ2) is 4.95. The zero-order chi connectivity index (χ0) is 13.0. The number of pyridine rings is 1. The molecule has 92 valence electrons. The van der Waals surface area contributed by atoms with Gasteiger partial charge < -0.3 is 4.52 Å². The molecule has 2 aromatic rings. The molecule has 7 nitrogen and oxygen atoms in total. The van der Waals surface area contributed by atoms with Crippen molar-refractivity contribution in [1.82, 2.24) is 14.9 Å². The molecule has 0 aliphatic rings. The Hall–Kier alpha value is -2.24. The Labute approximate surface area is 103 Å². The number of sulfonamides is 1. The fraction of sp³-hybridized carbons (Fsp3) is 0.100. The maximum atomic E-state index is 11.8. The number of nitriles is 1. The topological polar surface area (TPSA) is 109 Å². The van der Waals surface area contributed by atoms with Gasteiger partial charge in [-0.2, -0.15) is 5.26 Å². The number of hydrogen-bond donors (Lipinski definition) is 1. The van der Waals surface area contributed by atoms with Crippen LogP contribution in [0.3, 0.4) is 0 Å². The molecule has 0 unspecified atom stereocenters. The van der Waals surface area contributed by atoms with E-state index in [1.807, 2.05) is 6.07 Å². The van der Waals surface area contributed by atoms with Crippen LogP contribution in [0.5, 0.6) is 0 Å². The highest BCUT2D eigenvalue weighted by atomic mass is 32.2. The molecule has 0 saturated carbocycles. The van der Waals surface area contributed by atoms with E-state index in [1.165, 1.54) is 18.4 Å². The van der Waals surface area contributed by atoms with Gasteiger partial charge in [0.2, 0.25) is 10.0 Å². The standard InChI is InChI=1S/C10H8N4O3S/c11-5-8-1-2-10(7-12-8)18(15,16)13-6-9-3-4-17-14-9/h1-4,7,13H,6H2. The van der Waals surface area contributed by atoms with Crippen molar-refractivity contribution in [3.05, 3.63) is 42.0 Å². The third-order valence-corrected chi connectivity index (χ3v) is 3.48. The molecule has 0 aliphatic heterocycles. The molecular weight excluding hydrogens is 256 g/mol. The smallest absolute Gasteiger partial charge is 0.242 e. The molecule has 0 radical (unpaired) electrons. The van der Waals surface area contributed by atoms with Crippen LogP contribution in [-0.4, -0.2) is 18.6 Å². The first-order valence-corrected chi connectivity index (χ1v) is 6.35. The van der Waals surface area contributed by atoms with Crippen molar-refractivity contribution >= 4 is 10.0 Å². The van der Waals surface area contributed by atoms with E-state index < -0.39 is 10.0 Å². The summed E-state index contributed by atoms with van der Waals surface area (Å²) in [6.45, 7) is 0.0266. The highest BCUT2D eigenvalue weighted by Gasteiger charge is 2.14. The summed E-state index contributed by atoms with van der Waals surface area (Å²) in [5.74, 6) is 0. The van der Waals surface area contributed by atoms with Crippen LogP contribution in [0.15, 0.2) is 40.1 Å². The summed E-state index contributed by atoms with van der Waals surface area (Å²) in [6.07, 6.45) is 2.48. The molecule has 2 rings (SSSR count). The van der Waals surface area contributed by atoms with Crippen molar-refractivity contribution in [3.8, 4) is 6.07 Å². The first-order chi connectivity index (χ1) is 8.62. The van der Waals surface area contributed by atoms with Crippen molar-refractivity contribution in [2.45, 2.75) is 11.4 Å². The first-order valence-electron chi connectivity index (χ1n) is 4.87. The molecule has 0 spiro atoms. The second-order valence-electron chi connectivity index (χ2n) is 3.31. The minimum atomic E-state index is -3.66. The first kappa shape index (κ1) is 12.2. The van der Waals surface area contributed by atoms with Crippen LogP contribution in [0, 0.1) is 11.3 Å². The Balaban J connectivity index is 2.13. The summed E-state index contributed by atoms with van der Waals surface area (Å²) in [5, 5.41) is 12.1. The number of nitrogens with zero attached hydrogens (tertiary/aromatic N) is 3. The molecule has 0 amide bonds. The Morgan fingerprint density at radius 3 is 2.78 bits per heavy atom. The molecule has 0 bridgehead atoms. The van der Waals surface area contributed by atoms with Crippen LogP contribution in [0.1, 0.15) is 11.4 Å². The number of aromatic nitrogens is 2. The molecule has 2 heterocycles. The van der Waals surface area contributed by atoms with E-state index >= 15 is 0 Å². The molecule has 0 atom stereocenters. The predicted molar refractivity (Wildman–Crippen MR) is 59.5 cm³/mol. The molecule has 2 aromatic heterocycles. The van der Waals surface area contributed by atoms with Crippen molar-refractivity contribution in [2.75, 3.05) is 0 Å². The summed E-state index contributed by atoms with van der Waals surface area (Å²) >= 11 is 0. The van der Waals surface area contributed by atoms with Gasteiger partial charge in [-0.05, 0) is 12.1 Å². The van der Waals surface area contributed by atoms with Gasteiger partial charge in [0, 0.05) is 12.3 Å². The maximum absolute atomic E-state index is 11.8. The summed E-state index contributed by atoms with van der Waals surface area (Å²) in [7, 11) is -3.66. The van der Waals surface area contributed by atoms with E-state index in [4.69, 9.17) is 5.26 Å². The van der Waals surface area contributed by atoms with Gasteiger partial charge in [0.25, 0.3) is 0 Å². The molecule has 0 saturated heterocycles. The van der Waals surface area contributed by atoms with Crippen LogP contribution < -0.4 is 4.72 Å². The van der Waals surface area contributed by atoms with Crippen LogP contribution in [-0.2, 0) is 16.6 Å². The van der Waals surface area contributed by atoms with E-state index in [1.54, 1.807) is 6.07 Å². The molecule has 8 heteroatoms. The van der Waals surface area contributed by atoms with Crippen molar-refractivity contribution < 1.29 is 12.9 Å². The van der Waals surface area contributed by atoms with Crippen LogP contribution in [0.4, 0.5) is 0 Å². The Kier molecular flexibility index (Phi) is 3.36. The molecule has 18 heavy (non-hydrogen) atoms. The molecule has 0 aliphatic carbocycles. The zero-order valence-electron chi connectivity index (χ0n) is 9.07. The van der Waals surface area contributed by atoms with Gasteiger partial charge in [-0.15, -0.1) is 0 Å². The maximum Gasteiger partial charge on any atom is 0.242 e. The lowest BCUT2D eigenvalue weighted by Gasteiger charge is -2.04. The van der Waals surface area contributed by atoms with Gasteiger partial charge in [-0.3, -0.25) is 0 Å². The van der Waals surface area contributed by atoms with Crippen molar-refractivity contribution in [1.29, 1.82) is 5.26 Å². The van der Waals surface area contributed by atoms with E-state index in [9.17, 15) is 8.42 Å². The SMILES string of the molecule is N#Cc1ccc(S(=O)(=O)NCc2ccon2)cn1. The summed E-state index contributed by atoms with van der Waals surface area (Å²) in [6, 6.07) is 6.02. The van der Waals surface area contributed by atoms with E-state index in [-0.39, 0.29) is 17.1 Å². The van der Waals surface area contributed by atoms with E-state index in [0.717, 1.165) is 6.20 Å². The van der Waals surface area contributed by atoms with Crippen molar-refractivity contribution in [2.24, 2.45) is 0 Å². The highest BCUT2D eigenvalue weighted by Crippen LogP contribution is 2.08. The van der Waals surface area contributed by atoms with E-state index in [0.29, 0.717) is 5.69 Å². The van der Waals surface area contributed by atoms with Crippen LogP contribution >= 0.6 is 0 Å². The van der Waals surface area contributed by atoms with Crippen molar-refractivity contribution in [3.63, 3.8) is 0 Å². The summed E-state index contributed by atoms with van der Waals surface area (Å²) in [4.78, 5) is 3.68. The fourth-order valence-electron chi connectivity index (χ4n) is 1.19. The Bertz CT molecular complexity index is 656. The van der Waals surface area contributed by atoms with Gasteiger partial charge in [0.15, 0.2) is 0 Å². The van der Waals surface area contributed by atoms with Gasteiger partial charge >= 0.3 is 0 Å². The second-order valence-corrected chi connectivity index (χ2v) is 5.07. The van der Waals surface area contributed by atoms with E-state index in [2.05, 4.69) is 19.4 Å². The Morgan fingerprint density at radius 1 is 1.39 bits per heavy atom. The average Bonchev–Trinajstić information content (AvgIpc) is 2.90. The van der Waals surface area contributed by atoms with Crippen LogP contribution in [0.2, 0.25) is 0 Å². The monoisotopic (exact) mass is 264 g/mol. The van der Waals surface area contributed by atoms with Gasteiger partial charge in [0.1, 0.15) is 22.9 Å². The lowest BCUT2D eigenvalue weighted by Crippen LogP contribution is -2.23. The predicted octanol–water partition coefficient (Wildman–Crippen LogP) is 0.420. The number of rotatable bonds is 4. The molecular formula is C10H8N4O3S. The third kappa shape index (κ3) is 2.71. The van der Waals surface area contributed by atoms with Gasteiger partial charge in [-0.25, -0.2) is 18.1 Å². The normalized spacial score (nSPS) is 11.1. The minimum absolute atomic E-state index is 0.00926. The lowest BCUT2D eigenvalue weighted by molar-refractivity contribution is 0.411. The Morgan fingerprint density at radius 2 is 2.22 bits per heavy atom. The third-order valence-electron chi connectivity index (χ3n) is 2.10. The highest BCUT2D eigenvalue weighted by molar-refractivity contribution is 7.89. The summed E-state index contributed by atoms with van der Waals surface area (Å²) in [5.41, 5.74) is 0.630. The zero-order valence-corrected chi connectivity index (χ0v) is 9.88. The largest absolute Gasteiger partial charge is 0.364 e. The van der Waals surface area contributed by atoms with Gasteiger partial charge in [-0.1, -0.05) is 5.16 Å². The minimum Gasteiger partial charge on any atom is -0.364 e. The fourth-order valence-corrected chi connectivity index (χ4v) is 2.13. The van der Waals surface area contributed by atoms with Gasteiger partial charge in [0.05, 0.1) is 12.2 Å². The molecule has 0 fully saturated rings. The number of nitrogens with one attached hydrogen (secondary N) is 1. The molecule has 0 aromatic carbocycles. The van der Waals surface area contributed by atoms with Crippen LogP contribution in [0.25, 0.3) is 0 Å². The molecule has 1 N–H and O–H groups in total. The number of hydrogen-bond acceptors (Lipinski definition) is 6. The average molecular weight is 264 g/mol.